The Morgan fingerprint density at radius 3 is 2.67 bits per heavy atom. The molecule has 1 aliphatic carbocycles. The maximum absolute atomic E-state index is 13.7. The molecule has 0 heterocycles. The molecule has 1 fully saturated rings. The number of carbonyl (C=O) groups is 1. The lowest BCUT2D eigenvalue weighted by Crippen LogP contribution is -2.39. The van der Waals surface area contributed by atoms with Gasteiger partial charge in [-0.2, -0.15) is 0 Å². The Kier molecular flexibility index (Phi) is 4.93. The van der Waals surface area contributed by atoms with Gasteiger partial charge in [0.1, 0.15) is 17.2 Å². The second kappa shape index (κ2) is 6.52. The van der Waals surface area contributed by atoms with Crippen molar-refractivity contribution in [3.05, 3.63) is 35.4 Å². The van der Waals surface area contributed by atoms with Crippen LogP contribution < -0.4 is 5.32 Å². The van der Waals surface area contributed by atoms with Crippen molar-refractivity contribution in [1.29, 1.82) is 0 Å². The predicted molar refractivity (Wildman–Crippen MR) is 75.5 cm³/mol. The van der Waals surface area contributed by atoms with Crippen LogP contribution in [0.3, 0.4) is 0 Å². The molecule has 1 aliphatic rings. The van der Waals surface area contributed by atoms with Gasteiger partial charge in [-0.05, 0) is 31.7 Å². The average molecular weight is 297 g/mol. The summed E-state index contributed by atoms with van der Waals surface area (Å²) in [6, 6.07) is 3.02. The number of hydrogen-bond donors (Lipinski definition) is 2. The summed E-state index contributed by atoms with van der Waals surface area (Å²) in [5, 5.41) is 12.9. The van der Waals surface area contributed by atoms with Crippen LogP contribution in [0.2, 0.25) is 0 Å². The monoisotopic (exact) mass is 297 g/mol. The van der Waals surface area contributed by atoms with Crippen LogP contribution in [0.4, 0.5) is 8.78 Å². The predicted octanol–water partition coefficient (Wildman–Crippen LogP) is 2.87. The lowest BCUT2D eigenvalue weighted by atomic mass is 9.95. The van der Waals surface area contributed by atoms with Crippen molar-refractivity contribution in [1.82, 2.24) is 5.32 Å². The molecule has 1 unspecified atom stereocenters. The number of amides is 1. The van der Waals surface area contributed by atoms with E-state index in [0.29, 0.717) is 12.3 Å². The Balaban J connectivity index is 1.92. The number of halogens is 2. The minimum absolute atomic E-state index is 0.0231. The second-order valence-electron chi connectivity index (χ2n) is 6.03. The van der Waals surface area contributed by atoms with Crippen LogP contribution in [-0.2, 0) is 10.4 Å². The van der Waals surface area contributed by atoms with Crippen LogP contribution >= 0.6 is 0 Å². The molecule has 1 amide bonds. The van der Waals surface area contributed by atoms with E-state index in [-0.39, 0.29) is 18.0 Å². The molecule has 0 radical (unpaired) electrons. The highest BCUT2D eigenvalue weighted by Gasteiger charge is 2.28. The third kappa shape index (κ3) is 4.24. The third-order valence-corrected chi connectivity index (χ3v) is 4.09. The summed E-state index contributed by atoms with van der Waals surface area (Å²) in [6.07, 6.45) is 4.90. The van der Waals surface area contributed by atoms with Gasteiger partial charge in [-0.15, -0.1) is 0 Å². The fraction of sp³-hybridized carbons (Fsp3) is 0.562. The molecule has 0 spiro atoms. The van der Waals surface area contributed by atoms with Gasteiger partial charge in [0.25, 0.3) is 0 Å². The van der Waals surface area contributed by atoms with Crippen LogP contribution in [0, 0.1) is 17.6 Å². The van der Waals surface area contributed by atoms with Gasteiger partial charge >= 0.3 is 0 Å². The minimum Gasteiger partial charge on any atom is -0.383 e. The Morgan fingerprint density at radius 1 is 1.38 bits per heavy atom. The molecule has 5 heteroatoms. The summed E-state index contributed by atoms with van der Waals surface area (Å²) in [6.45, 7) is 1.31. The lowest BCUT2D eigenvalue weighted by molar-refractivity contribution is -0.123. The van der Waals surface area contributed by atoms with Gasteiger partial charge in [0, 0.05) is 18.1 Å². The number of carbonyl (C=O) groups excluding carboxylic acids is 1. The maximum Gasteiger partial charge on any atom is 0.220 e. The number of hydrogen-bond acceptors (Lipinski definition) is 2. The molecule has 116 valence electrons. The highest BCUT2D eigenvalue weighted by Crippen LogP contribution is 2.28. The van der Waals surface area contributed by atoms with E-state index in [1.54, 1.807) is 0 Å². The summed E-state index contributed by atoms with van der Waals surface area (Å²) >= 11 is 0. The quantitative estimate of drug-likeness (QED) is 0.878. The Bertz CT molecular complexity index is 511. The molecular formula is C16H21F2NO2. The van der Waals surface area contributed by atoms with Gasteiger partial charge in [-0.3, -0.25) is 4.79 Å². The fourth-order valence-corrected chi connectivity index (χ4v) is 2.84. The number of aliphatic hydroxyl groups is 1. The lowest BCUT2D eigenvalue weighted by Gasteiger charge is -2.25. The first-order valence-corrected chi connectivity index (χ1v) is 7.33. The second-order valence-corrected chi connectivity index (χ2v) is 6.03. The van der Waals surface area contributed by atoms with Crippen molar-refractivity contribution in [2.24, 2.45) is 5.92 Å². The maximum atomic E-state index is 13.7. The largest absolute Gasteiger partial charge is 0.383 e. The molecule has 1 aromatic carbocycles. The number of rotatable bonds is 5. The molecule has 0 aromatic heterocycles. The van der Waals surface area contributed by atoms with Crippen molar-refractivity contribution in [2.45, 2.75) is 44.6 Å². The van der Waals surface area contributed by atoms with Crippen molar-refractivity contribution >= 4 is 5.91 Å². The molecule has 1 atom stereocenters. The Morgan fingerprint density at radius 2 is 2.05 bits per heavy atom. The van der Waals surface area contributed by atoms with Gasteiger partial charge in [0.05, 0.1) is 6.54 Å². The minimum atomic E-state index is -1.57. The zero-order chi connectivity index (χ0) is 15.5. The molecule has 0 bridgehead atoms. The highest BCUT2D eigenvalue weighted by molar-refractivity contribution is 5.76. The van der Waals surface area contributed by atoms with Crippen LogP contribution in [0.25, 0.3) is 0 Å². The van der Waals surface area contributed by atoms with E-state index in [9.17, 15) is 18.7 Å². The first-order chi connectivity index (χ1) is 9.88. The molecule has 0 saturated heterocycles. The van der Waals surface area contributed by atoms with Gasteiger partial charge in [0.2, 0.25) is 5.91 Å². The van der Waals surface area contributed by atoms with Crippen LogP contribution in [0.1, 0.15) is 44.6 Å². The number of nitrogens with one attached hydrogen (secondary N) is 1. The molecule has 2 N–H and O–H groups in total. The first kappa shape index (κ1) is 15.9. The van der Waals surface area contributed by atoms with Crippen molar-refractivity contribution in [3.8, 4) is 0 Å². The van der Waals surface area contributed by atoms with Gasteiger partial charge < -0.3 is 10.4 Å². The average Bonchev–Trinajstić information content (AvgIpc) is 2.89. The van der Waals surface area contributed by atoms with Crippen molar-refractivity contribution in [2.75, 3.05) is 6.54 Å². The Hall–Kier alpha value is -1.49. The first-order valence-electron chi connectivity index (χ1n) is 7.33. The van der Waals surface area contributed by atoms with Crippen LogP contribution in [-0.4, -0.2) is 17.6 Å². The molecule has 1 aromatic rings. The standard InChI is InChI=1S/C16H21F2NO2/c1-16(21,13-7-6-12(17)9-14(13)18)10-19-15(20)8-11-4-2-3-5-11/h6-7,9,11,21H,2-5,8,10H2,1H3,(H,19,20). The zero-order valence-electron chi connectivity index (χ0n) is 12.2. The SMILES string of the molecule is CC(O)(CNC(=O)CC1CCCC1)c1ccc(F)cc1F. The van der Waals surface area contributed by atoms with E-state index >= 15 is 0 Å². The van der Waals surface area contributed by atoms with Crippen molar-refractivity contribution in [3.63, 3.8) is 0 Å². The summed E-state index contributed by atoms with van der Waals surface area (Å²) in [5.74, 6) is -1.23. The summed E-state index contributed by atoms with van der Waals surface area (Å²) in [5.41, 5.74) is -1.59. The Labute approximate surface area is 123 Å². The molecular weight excluding hydrogens is 276 g/mol. The van der Waals surface area contributed by atoms with E-state index in [0.717, 1.165) is 37.8 Å². The van der Waals surface area contributed by atoms with Crippen LogP contribution in [0.5, 0.6) is 0 Å². The van der Waals surface area contributed by atoms with Crippen LogP contribution in [0.15, 0.2) is 18.2 Å². The molecule has 2 rings (SSSR count). The van der Waals surface area contributed by atoms with E-state index < -0.39 is 17.2 Å². The van der Waals surface area contributed by atoms with E-state index in [2.05, 4.69) is 5.32 Å². The van der Waals surface area contributed by atoms with E-state index in [1.165, 1.54) is 13.0 Å². The highest BCUT2D eigenvalue weighted by atomic mass is 19.1. The molecule has 3 nitrogen and oxygen atoms in total. The zero-order valence-corrected chi connectivity index (χ0v) is 12.2. The van der Waals surface area contributed by atoms with E-state index in [1.807, 2.05) is 0 Å². The smallest absolute Gasteiger partial charge is 0.220 e. The fourth-order valence-electron chi connectivity index (χ4n) is 2.84. The summed E-state index contributed by atoms with van der Waals surface area (Å²) in [4.78, 5) is 11.8. The van der Waals surface area contributed by atoms with E-state index in [4.69, 9.17) is 0 Å². The normalized spacial score (nSPS) is 18.5. The topological polar surface area (TPSA) is 49.3 Å². The van der Waals surface area contributed by atoms with Gasteiger partial charge in [0.15, 0.2) is 0 Å². The van der Waals surface area contributed by atoms with Crippen molar-refractivity contribution < 1.29 is 18.7 Å². The molecule has 0 aliphatic heterocycles. The number of benzene rings is 1. The van der Waals surface area contributed by atoms with Gasteiger partial charge in [-0.1, -0.05) is 18.9 Å². The summed E-state index contributed by atoms with van der Waals surface area (Å²) < 4.78 is 26.6. The molecule has 21 heavy (non-hydrogen) atoms. The van der Waals surface area contributed by atoms with Gasteiger partial charge in [-0.25, -0.2) is 8.78 Å². The molecule has 1 saturated carbocycles. The summed E-state index contributed by atoms with van der Waals surface area (Å²) in [7, 11) is 0. The third-order valence-electron chi connectivity index (χ3n) is 4.09.